The summed E-state index contributed by atoms with van der Waals surface area (Å²) in [5, 5.41) is 3.35. The van der Waals surface area contributed by atoms with Crippen LogP contribution in [0, 0.1) is 0 Å². The lowest BCUT2D eigenvalue weighted by Gasteiger charge is -2.39. The molecule has 4 heteroatoms. The molecule has 1 amide bonds. The molecule has 4 nitrogen and oxygen atoms in total. The molecule has 0 radical (unpaired) electrons. The van der Waals surface area contributed by atoms with Gasteiger partial charge in [-0.2, -0.15) is 0 Å². The summed E-state index contributed by atoms with van der Waals surface area (Å²) in [5.74, 6) is 0.0849. The van der Waals surface area contributed by atoms with Crippen molar-refractivity contribution in [1.82, 2.24) is 4.90 Å². The van der Waals surface area contributed by atoms with Gasteiger partial charge in [0.2, 0.25) is 0 Å². The van der Waals surface area contributed by atoms with Crippen molar-refractivity contribution in [2.45, 2.75) is 45.3 Å². The Hall–Kier alpha value is -1.55. The molecule has 1 N–H and O–H groups in total. The van der Waals surface area contributed by atoms with Crippen molar-refractivity contribution in [3.8, 4) is 0 Å². The van der Waals surface area contributed by atoms with Crippen molar-refractivity contribution in [3.05, 3.63) is 29.8 Å². The van der Waals surface area contributed by atoms with Crippen LogP contribution in [0.5, 0.6) is 0 Å². The zero-order chi connectivity index (χ0) is 15.5. The molecule has 1 aliphatic rings. The van der Waals surface area contributed by atoms with E-state index in [-0.39, 0.29) is 11.5 Å². The van der Waals surface area contributed by atoms with Gasteiger partial charge in [-0.3, -0.25) is 4.79 Å². The maximum Gasteiger partial charge on any atom is 0.256 e. The van der Waals surface area contributed by atoms with Gasteiger partial charge in [0.1, 0.15) is 0 Å². The molecule has 1 heterocycles. The molecule has 1 aromatic rings. The largest absolute Gasteiger partial charge is 0.382 e. The second-order valence-electron chi connectivity index (χ2n) is 6.33. The fraction of sp³-hybridized carbons (Fsp3) is 0.588. The summed E-state index contributed by atoms with van der Waals surface area (Å²) in [7, 11) is 1.72. The lowest BCUT2D eigenvalue weighted by molar-refractivity contribution is -0.0439. The Morgan fingerprint density at radius 1 is 1.38 bits per heavy atom. The zero-order valence-corrected chi connectivity index (χ0v) is 13.5. The van der Waals surface area contributed by atoms with Gasteiger partial charge in [-0.15, -0.1) is 0 Å². The monoisotopic (exact) mass is 290 g/mol. The second kappa shape index (κ2) is 6.48. The first-order valence-electron chi connectivity index (χ1n) is 7.65. The number of likely N-dealkylation sites (tertiary alicyclic amines) is 1. The number of ether oxygens (including phenoxy) is 1. The van der Waals surface area contributed by atoms with Crippen molar-refractivity contribution in [2.75, 3.05) is 25.5 Å². The summed E-state index contributed by atoms with van der Waals surface area (Å²) in [5.41, 5.74) is 1.42. The van der Waals surface area contributed by atoms with Crippen LogP contribution in [0.2, 0.25) is 0 Å². The first-order chi connectivity index (χ1) is 9.95. The number of carbonyl (C=O) groups is 1. The number of anilines is 1. The number of benzene rings is 1. The molecule has 0 aliphatic carbocycles. The Morgan fingerprint density at radius 3 is 2.76 bits per heavy atom. The third-order valence-electron chi connectivity index (χ3n) is 4.04. The fourth-order valence-corrected chi connectivity index (χ4v) is 2.82. The molecular formula is C17H26N2O2. The molecule has 1 aliphatic heterocycles. The second-order valence-corrected chi connectivity index (χ2v) is 6.33. The highest BCUT2D eigenvalue weighted by molar-refractivity contribution is 5.99. The number of piperidine rings is 1. The summed E-state index contributed by atoms with van der Waals surface area (Å²) in [6.07, 6.45) is 1.98. The van der Waals surface area contributed by atoms with Crippen LogP contribution in [0.4, 0.5) is 5.69 Å². The number of methoxy groups -OCH3 is 1. The summed E-state index contributed by atoms with van der Waals surface area (Å²) in [6, 6.07) is 8.03. The number of hydrogen-bond donors (Lipinski definition) is 1. The van der Waals surface area contributed by atoms with Crippen LogP contribution >= 0.6 is 0 Å². The Balaban J connectivity index is 2.20. The molecule has 0 spiro atoms. The third kappa shape index (κ3) is 3.76. The summed E-state index contributed by atoms with van der Waals surface area (Å²) in [4.78, 5) is 14.7. The molecule has 21 heavy (non-hydrogen) atoms. The quantitative estimate of drug-likeness (QED) is 0.926. The van der Waals surface area contributed by atoms with E-state index in [4.69, 9.17) is 4.74 Å². The van der Waals surface area contributed by atoms with Crippen molar-refractivity contribution < 1.29 is 9.53 Å². The van der Waals surface area contributed by atoms with Crippen LogP contribution in [0.1, 0.15) is 44.0 Å². The van der Waals surface area contributed by atoms with E-state index >= 15 is 0 Å². The Bertz CT molecular complexity index is 501. The number of hydrogen-bond acceptors (Lipinski definition) is 3. The minimum absolute atomic E-state index is 0.0849. The van der Waals surface area contributed by atoms with Gasteiger partial charge in [-0.05, 0) is 45.7 Å². The van der Waals surface area contributed by atoms with Gasteiger partial charge in [0.05, 0.1) is 11.2 Å². The molecular weight excluding hydrogens is 264 g/mol. The maximum absolute atomic E-state index is 12.8. The molecule has 1 saturated heterocycles. The van der Waals surface area contributed by atoms with Crippen LogP contribution in [0.25, 0.3) is 0 Å². The van der Waals surface area contributed by atoms with E-state index in [2.05, 4.69) is 26.1 Å². The average molecular weight is 290 g/mol. The lowest BCUT2D eigenvalue weighted by atomic mass is 9.94. The summed E-state index contributed by atoms with van der Waals surface area (Å²) >= 11 is 0. The highest BCUT2D eigenvalue weighted by Gasteiger charge is 2.33. The van der Waals surface area contributed by atoms with Crippen LogP contribution in [-0.2, 0) is 4.74 Å². The zero-order valence-electron chi connectivity index (χ0n) is 13.5. The highest BCUT2D eigenvalue weighted by atomic mass is 16.5. The normalized spacial score (nSPS) is 22.4. The number of nitrogens with one attached hydrogen (secondary N) is 1. The maximum atomic E-state index is 12.8. The number of para-hydroxylation sites is 1. The Morgan fingerprint density at radius 2 is 2.10 bits per heavy atom. The van der Waals surface area contributed by atoms with Gasteiger partial charge in [0.25, 0.3) is 5.91 Å². The topological polar surface area (TPSA) is 41.6 Å². The standard InChI is InChI=1S/C17H26N2O2/c1-13(2)18-15-9-6-5-8-14(15)16(20)19-11-7-10-17(3,12-19)21-4/h5-6,8-9,13,18H,7,10-12H2,1-4H3. The molecule has 1 aromatic carbocycles. The van der Waals surface area contributed by atoms with Gasteiger partial charge in [0.15, 0.2) is 0 Å². The van der Waals surface area contributed by atoms with Crippen molar-refractivity contribution in [1.29, 1.82) is 0 Å². The van der Waals surface area contributed by atoms with Crippen LogP contribution < -0.4 is 5.32 Å². The number of amides is 1. The summed E-state index contributed by atoms with van der Waals surface area (Å²) < 4.78 is 5.58. The lowest BCUT2D eigenvalue weighted by Crippen LogP contribution is -2.49. The molecule has 2 rings (SSSR count). The van der Waals surface area contributed by atoms with Crippen molar-refractivity contribution >= 4 is 11.6 Å². The predicted molar refractivity (Wildman–Crippen MR) is 85.8 cm³/mol. The molecule has 116 valence electrons. The Kier molecular flexibility index (Phi) is 4.88. The van der Waals surface area contributed by atoms with Gasteiger partial charge >= 0.3 is 0 Å². The Labute approximate surface area is 127 Å². The first kappa shape index (κ1) is 15.8. The molecule has 0 bridgehead atoms. The first-order valence-corrected chi connectivity index (χ1v) is 7.65. The molecule has 0 saturated carbocycles. The van der Waals surface area contributed by atoms with E-state index in [0.29, 0.717) is 12.6 Å². The van der Waals surface area contributed by atoms with Gasteiger partial charge in [-0.25, -0.2) is 0 Å². The average Bonchev–Trinajstić information content (AvgIpc) is 2.46. The van der Waals surface area contributed by atoms with Gasteiger partial charge < -0.3 is 15.0 Å². The number of rotatable bonds is 4. The summed E-state index contributed by atoms with van der Waals surface area (Å²) in [6.45, 7) is 7.67. The van der Waals surface area contributed by atoms with E-state index in [1.807, 2.05) is 29.2 Å². The van der Waals surface area contributed by atoms with Crippen LogP contribution in [0.3, 0.4) is 0 Å². The number of carbonyl (C=O) groups excluding carboxylic acids is 1. The van der Waals surface area contributed by atoms with Gasteiger partial charge in [0, 0.05) is 31.9 Å². The molecule has 1 unspecified atom stereocenters. The molecule has 0 aromatic heterocycles. The number of nitrogens with zero attached hydrogens (tertiary/aromatic N) is 1. The van der Waals surface area contributed by atoms with Crippen molar-refractivity contribution in [2.24, 2.45) is 0 Å². The fourth-order valence-electron chi connectivity index (χ4n) is 2.82. The molecule has 1 atom stereocenters. The van der Waals surface area contributed by atoms with Crippen LogP contribution in [-0.4, -0.2) is 42.6 Å². The minimum atomic E-state index is -0.228. The smallest absolute Gasteiger partial charge is 0.256 e. The van der Waals surface area contributed by atoms with Crippen LogP contribution in [0.15, 0.2) is 24.3 Å². The van der Waals surface area contributed by atoms with Gasteiger partial charge in [-0.1, -0.05) is 12.1 Å². The van der Waals surface area contributed by atoms with E-state index in [9.17, 15) is 4.79 Å². The third-order valence-corrected chi connectivity index (χ3v) is 4.04. The van der Waals surface area contributed by atoms with E-state index in [0.717, 1.165) is 30.6 Å². The van der Waals surface area contributed by atoms with E-state index < -0.39 is 0 Å². The molecule has 1 fully saturated rings. The predicted octanol–water partition coefficient (Wildman–Crippen LogP) is 3.15. The van der Waals surface area contributed by atoms with Crippen molar-refractivity contribution in [3.63, 3.8) is 0 Å². The SMILES string of the molecule is COC1(C)CCCN(C(=O)c2ccccc2NC(C)C)C1. The highest BCUT2D eigenvalue weighted by Crippen LogP contribution is 2.26. The minimum Gasteiger partial charge on any atom is -0.382 e. The van der Waals surface area contributed by atoms with E-state index in [1.165, 1.54) is 0 Å². The van der Waals surface area contributed by atoms with E-state index in [1.54, 1.807) is 7.11 Å².